The number of ether oxygens (including phenoxy) is 1. The monoisotopic (exact) mass is 456 g/mol. The number of rotatable bonds is 5. The summed E-state index contributed by atoms with van der Waals surface area (Å²) in [5.41, 5.74) is 0.732. The van der Waals surface area contributed by atoms with Gasteiger partial charge in [0.25, 0.3) is 0 Å². The summed E-state index contributed by atoms with van der Waals surface area (Å²) in [7, 11) is -1.56. The Hall–Kier alpha value is -1.25. The second-order valence-corrected chi connectivity index (χ2v) is 11.7. The molecule has 4 rings (SSSR count). The Balaban J connectivity index is 1.58. The van der Waals surface area contributed by atoms with Crippen LogP contribution in [0, 0.1) is 5.92 Å². The van der Waals surface area contributed by atoms with E-state index in [1.165, 1.54) is 37.4 Å². The molecule has 1 aliphatic carbocycles. The average Bonchev–Trinajstić information content (AvgIpc) is 3.34. The van der Waals surface area contributed by atoms with Crippen LogP contribution in [0.15, 0.2) is 23.2 Å². The molecule has 29 heavy (non-hydrogen) atoms. The maximum atomic E-state index is 12.6. The van der Waals surface area contributed by atoms with Gasteiger partial charge in [-0.15, -0.1) is 0 Å². The number of halogens is 1. The van der Waals surface area contributed by atoms with E-state index in [-0.39, 0.29) is 28.7 Å². The molecule has 0 N–H and O–H groups in total. The van der Waals surface area contributed by atoms with Crippen molar-refractivity contribution < 1.29 is 17.9 Å². The lowest BCUT2D eigenvalue weighted by molar-refractivity contribution is -0.118. The van der Waals surface area contributed by atoms with Crippen LogP contribution >= 0.6 is 23.4 Å². The van der Waals surface area contributed by atoms with Crippen molar-refractivity contribution in [3.8, 4) is 5.75 Å². The number of carbonyl (C=O) groups excluding carboxylic acids is 1. The third-order valence-corrected chi connectivity index (χ3v) is 9.45. The molecule has 2 heterocycles. The topological polar surface area (TPSA) is 76.0 Å². The van der Waals surface area contributed by atoms with Crippen molar-refractivity contribution in [2.24, 2.45) is 10.9 Å². The van der Waals surface area contributed by atoms with E-state index < -0.39 is 9.84 Å². The van der Waals surface area contributed by atoms with Crippen LogP contribution in [0.5, 0.6) is 5.75 Å². The zero-order chi connectivity index (χ0) is 20.6. The number of methoxy groups -OCH3 is 1. The van der Waals surface area contributed by atoms with E-state index in [4.69, 9.17) is 16.3 Å². The van der Waals surface area contributed by atoms with Gasteiger partial charge in [0, 0.05) is 17.4 Å². The predicted molar refractivity (Wildman–Crippen MR) is 118 cm³/mol. The first-order chi connectivity index (χ1) is 13.9. The summed E-state index contributed by atoms with van der Waals surface area (Å²) in [6, 6.07) is 5.08. The summed E-state index contributed by atoms with van der Waals surface area (Å²) in [5.74, 6) is 1.22. The molecular weight excluding hydrogens is 432 g/mol. The minimum Gasteiger partial charge on any atom is -0.495 e. The highest BCUT2D eigenvalue weighted by atomic mass is 35.5. The molecular formula is C20H25ClN2O4S2. The molecule has 1 saturated carbocycles. The van der Waals surface area contributed by atoms with Gasteiger partial charge in [0.05, 0.1) is 29.7 Å². The lowest BCUT2D eigenvalue weighted by Gasteiger charge is -2.25. The Kier molecular flexibility index (Phi) is 6.14. The van der Waals surface area contributed by atoms with Gasteiger partial charge >= 0.3 is 0 Å². The first-order valence-corrected chi connectivity index (χ1v) is 13.1. The SMILES string of the molecule is COc1ccc(N2C(=NC(=O)CCC3CCCC3)S[C@@H]3CS(=O)(=O)C[C@@H]32)cc1Cl. The number of thioether (sulfide) groups is 1. The van der Waals surface area contributed by atoms with E-state index in [1.54, 1.807) is 19.2 Å². The highest BCUT2D eigenvalue weighted by Gasteiger charge is 2.49. The van der Waals surface area contributed by atoms with Gasteiger partial charge < -0.3 is 9.64 Å². The second-order valence-electron chi connectivity index (χ2n) is 7.97. The van der Waals surface area contributed by atoms with Gasteiger partial charge in [-0.1, -0.05) is 49.0 Å². The Morgan fingerprint density at radius 1 is 1.31 bits per heavy atom. The van der Waals surface area contributed by atoms with Gasteiger partial charge in [0.1, 0.15) is 5.75 Å². The Bertz CT molecular complexity index is 928. The van der Waals surface area contributed by atoms with Crippen molar-refractivity contribution in [1.82, 2.24) is 0 Å². The molecule has 2 saturated heterocycles. The number of amidine groups is 1. The van der Waals surface area contributed by atoms with Gasteiger partial charge in [-0.25, -0.2) is 8.42 Å². The Morgan fingerprint density at radius 2 is 2.07 bits per heavy atom. The first kappa shape index (κ1) is 21.0. The lowest BCUT2D eigenvalue weighted by Crippen LogP contribution is -2.37. The summed E-state index contributed by atoms with van der Waals surface area (Å²) >= 11 is 7.69. The fourth-order valence-electron chi connectivity index (χ4n) is 4.46. The normalized spacial score (nSPS) is 27.5. The van der Waals surface area contributed by atoms with Crippen LogP contribution in [0.3, 0.4) is 0 Å². The molecule has 1 amide bonds. The highest BCUT2D eigenvalue weighted by Crippen LogP contribution is 2.42. The average molecular weight is 457 g/mol. The van der Waals surface area contributed by atoms with E-state index in [9.17, 15) is 13.2 Å². The van der Waals surface area contributed by atoms with Crippen LogP contribution < -0.4 is 9.64 Å². The van der Waals surface area contributed by atoms with E-state index in [0.717, 1.165) is 12.1 Å². The molecule has 158 valence electrons. The molecule has 2 aliphatic heterocycles. The smallest absolute Gasteiger partial charge is 0.248 e. The summed E-state index contributed by atoms with van der Waals surface area (Å²) in [4.78, 5) is 18.8. The molecule has 1 aromatic carbocycles. The van der Waals surface area contributed by atoms with Crippen LogP contribution in [0.2, 0.25) is 5.02 Å². The number of hydrogen-bond donors (Lipinski definition) is 0. The first-order valence-electron chi connectivity index (χ1n) is 9.97. The summed E-state index contributed by atoms with van der Waals surface area (Å²) in [5, 5.41) is 0.890. The Labute approximate surface area is 181 Å². The van der Waals surface area contributed by atoms with Crippen LogP contribution in [-0.2, 0) is 14.6 Å². The number of nitrogens with zero attached hydrogens (tertiary/aromatic N) is 2. The van der Waals surface area contributed by atoms with Crippen LogP contribution in [0.4, 0.5) is 5.69 Å². The standard InChI is InChI=1S/C20H25ClN2O4S2/c1-27-17-8-7-14(10-15(17)21)23-16-11-29(25,26)12-18(16)28-20(23)22-19(24)9-6-13-4-2-3-5-13/h7-8,10,13,16,18H,2-6,9,11-12H2,1H3/t16-,18+/m0/s1. The molecule has 0 aromatic heterocycles. The number of sulfone groups is 1. The lowest BCUT2D eigenvalue weighted by atomic mass is 10.0. The second kappa shape index (κ2) is 8.47. The summed E-state index contributed by atoms with van der Waals surface area (Å²) in [6.07, 6.45) is 6.25. The number of fused-ring (bicyclic) bond motifs is 1. The van der Waals surface area contributed by atoms with Crippen molar-refractivity contribution in [3.05, 3.63) is 23.2 Å². The number of anilines is 1. The number of hydrogen-bond acceptors (Lipinski definition) is 5. The zero-order valence-electron chi connectivity index (χ0n) is 16.3. The predicted octanol–water partition coefficient (Wildman–Crippen LogP) is 3.92. The van der Waals surface area contributed by atoms with Crippen molar-refractivity contribution in [2.75, 3.05) is 23.5 Å². The van der Waals surface area contributed by atoms with E-state index in [2.05, 4.69) is 4.99 Å². The maximum Gasteiger partial charge on any atom is 0.248 e. The third kappa shape index (κ3) is 4.59. The van der Waals surface area contributed by atoms with Gasteiger partial charge in [-0.3, -0.25) is 4.79 Å². The molecule has 0 radical (unpaired) electrons. The third-order valence-electron chi connectivity index (χ3n) is 5.94. The number of benzene rings is 1. The van der Waals surface area contributed by atoms with Gasteiger partial charge in [-0.05, 0) is 30.5 Å². The quantitative estimate of drug-likeness (QED) is 0.668. The van der Waals surface area contributed by atoms with E-state index >= 15 is 0 Å². The highest BCUT2D eigenvalue weighted by molar-refractivity contribution is 8.16. The fraction of sp³-hybridized carbons (Fsp3) is 0.600. The molecule has 3 aliphatic rings. The molecule has 9 heteroatoms. The summed E-state index contributed by atoms with van der Waals surface area (Å²) in [6.45, 7) is 0. The number of aliphatic imine (C=N–C) groups is 1. The van der Waals surface area contributed by atoms with Crippen molar-refractivity contribution in [3.63, 3.8) is 0 Å². The molecule has 0 bridgehead atoms. The van der Waals surface area contributed by atoms with Gasteiger partial charge in [0.15, 0.2) is 15.0 Å². The van der Waals surface area contributed by atoms with E-state index in [0.29, 0.717) is 28.3 Å². The van der Waals surface area contributed by atoms with E-state index in [1.807, 2.05) is 11.0 Å². The molecule has 6 nitrogen and oxygen atoms in total. The largest absolute Gasteiger partial charge is 0.495 e. The van der Waals surface area contributed by atoms with Crippen LogP contribution in [0.1, 0.15) is 38.5 Å². The van der Waals surface area contributed by atoms with Gasteiger partial charge in [0.2, 0.25) is 5.91 Å². The molecule has 3 fully saturated rings. The van der Waals surface area contributed by atoms with Crippen molar-refractivity contribution in [1.29, 1.82) is 0 Å². The molecule has 2 atom stereocenters. The van der Waals surface area contributed by atoms with Crippen LogP contribution in [-0.4, -0.2) is 49.4 Å². The minimum atomic E-state index is -3.10. The van der Waals surface area contributed by atoms with Crippen LogP contribution in [0.25, 0.3) is 0 Å². The maximum absolute atomic E-state index is 12.6. The Morgan fingerprint density at radius 3 is 2.76 bits per heavy atom. The molecule has 1 aromatic rings. The van der Waals surface area contributed by atoms with Gasteiger partial charge in [-0.2, -0.15) is 4.99 Å². The van der Waals surface area contributed by atoms with Crippen molar-refractivity contribution >= 4 is 50.0 Å². The zero-order valence-corrected chi connectivity index (χ0v) is 18.7. The number of carbonyl (C=O) groups is 1. The number of amides is 1. The molecule has 0 spiro atoms. The fourth-order valence-corrected chi connectivity index (χ4v) is 8.64. The van der Waals surface area contributed by atoms with Crippen molar-refractivity contribution in [2.45, 2.75) is 49.8 Å². The summed E-state index contributed by atoms with van der Waals surface area (Å²) < 4.78 is 29.6. The molecule has 0 unspecified atom stereocenters. The minimum absolute atomic E-state index is 0.0591.